The fourth-order valence-corrected chi connectivity index (χ4v) is 3.40. The van der Waals surface area contributed by atoms with Gasteiger partial charge in [0, 0.05) is 18.0 Å². The van der Waals surface area contributed by atoms with Gasteiger partial charge in [0.05, 0.1) is 0 Å². The summed E-state index contributed by atoms with van der Waals surface area (Å²) in [6, 6.07) is 10.2. The highest BCUT2D eigenvalue weighted by atomic mass is 32.2. The number of benzene rings is 1. The Morgan fingerprint density at radius 2 is 1.67 bits per heavy atom. The normalized spacial score (nSPS) is 15.7. The number of nitrogen functional groups attached to an aromatic ring is 1. The lowest BCUT2D eigenvalue weighted by molar-refractivity contribution is 0.726. The molecule has 0 aliphatic carbocycles. The molecule has 1 aromatic carbocycles. The van der Waals surface area contributed by atoms with Crippen molar-refractivity contribution < 1.29 is 0 Å². The van der Waals surface area contributed by atoms with Crippen molar-refractivity contribution in [3.05, 3.63) is 36.7 Å². The second-order valence-corrected chi connectivity index (χ2v) is 6.29. The molecule has 0 saturated carbocycles. The van der Waals surface area contributed by atoms with E-state index in [2.05, 4.69) is 27.0 Å². The molecule has 1 saturated heterocycles. The van der Waals surface area contributed by atoms with Gasteiger partial charge >= 0.3 is 0 Å². The minimum atomic E-state index is 0.702. The van der Waals surface area contributed by atoms with E-state index in [-0.39, 0.29) is 0 Å². The lowest BCUT2D eigenvalue weighted by atomic mass is 10.2. The Hall–Kier alpha value is -1.75. The van der Waals surface area contributed by atoms with Gasteiger partial charge in [-0.2, -0.15) is 0 Å². The Balaban J connectivity index is 1.84. The molecule has 110 valence electrons. The van der Waals surface area contributed by atoms with E-state index in [4.69, 9.17) is 5.73 Å². The van der Waals surface area contributed by atoms with Gasteiger partial charge in [0.2, 0.25) is 0 Å². The van der Waals surface area contributed by atoms with E-state index in [1.165, 1.54) is 25.7 Å². The molecule has 0 radical (unpaired) electrons. The fraction of sp³-hybridized carbons (Fsp3) is 0.375. The SMILES string of the molecule is Nc1c(Sc2ccccc2)ncnc1N1CCCCCC1. The van der Waals surface area contributed by atoms with Gasteiger partial charge < -0.3 is 10.6 Å². The molecule has 5 heteroatoms. The Bertz CT molecular complexity index is 580. The second kappa shape index (κ2) is 6.80. The van der Waals surface area contributed by atoms with E-state index in [1.54, 1.807) is 18.1 Å². The summed E-state index contributed by atoms with van der Waals surface area (Å²) in [4.78, 5) is 12.2. The predicted molar refractivity (Wildman–Crippen MR) is 87.7 cm³/mol. The van der Waals surface area contributed by atoms with Gasteiger partial charge in [-0.1, -0.05) is 42.8 Å². The maximum absolute atomic E-state index is 6.33. The molecule has 4 nitrogen and oxygen atoms in total. The van der Waals surface area contributed by atoms with Gasteiger partial charge in [0.15, 0.2) is 5.82 Å². The molecule has 1 aliphatic heterocycles. The van der Waals surface area contributed by atoms with Gasteiger partial charge in [0.1, 0.15) is 17.0 Å². The molecule has 3 rings (SSSR count). The van der Waals surface area contributed by atoms with E-state index < -0.39 is 0 Å². The first-order valence-electron chi connectivity index (χ1n) is 7.43. The molecule has 0 spiro atoms. The van der Waals surface area contributed by atoms with Crippen LogP contribution in [0.5, 0.6) is 0 Å². The summed E-state index contributed by atoms with van der Waals surface area (Å²) in [7, 11) is 0. The van der Waals surface area contributed by atoms with Crippen LogP contribution in [0.3, 0.4) is 0 Å². The molecule has 0 bridgehead atoms. The summed E-state index contributed by atoms with van der Waals surface area (Å²) in [6.07, 6.45) is 6.65. The smallest absolute Gasteiger partial charge is 0.156 e. The van der Waals surface area contributed by atoms with E-state index in [0.29, 0.717) is 5.69 Å². The highest BCUT2D eigenvalue weighted by Crippen LogP contribution is 2.34. The van der Waals surface area contributed by atoms with Crippen LogP contribution >= 0.6 is 11.8 Å². The van der Waals surface area contributed by atoms with Gasteiger partial charge in [-0.05, 0) is 25.0 Å². The summed E-state index contributed by atoms with van der Waals surface area (Å²) in [5, 5.41) is 0.843. The molecule has 1 aliphatic rings. The molecular formula is C16H20N4S. The lowest BCUT2D eigenvalue weighted by Crippen LogP contribution is -2.26. The van der Waals surface area contributed by atoms with Crippen molar-refractivity contribution >= 4 is 23.3 Å². The maximum Gasteiger partial charge on any atom is 0.156 e. The van der Waals surface area contributed by atoms with Crippen LogP contribution in [0.4, 0.5) is 11.5 Å². The molecule has 2 N–H and O–H groups in total. The first-order valence-corrected chi connectivity index (χ1v) is 8.24. The summed E-state index contributed by atoms with van der Waals surface area (Å²) in [6.45, 7) is 2.08. The van der Waals surface area contributed by atoms with Crippen molar-refractivity contribution in [3.63, 3.8) is 0 Å². The lowest BCUT2D eigenvalue weighted by Gasteiger charge is -2.23. The molecule has 0 unspecified atom stereocenters. The van der Waals surface area contributed by atoms with E-state index >= 15 is 0 Å². The zero-order chi connectivity index (χ0) is 14.5. The van der Waals surface area contributed by atoms with Crippen LogP contribution in [-0.4, -0.2) is 23.1 Å². The molecule has 1 fully saturated rings. The van der Waals surface area contributed by atoms with Crippen molar-refractivity contribution in [2.45, 2.75) is 35.6 Å². The van der Waals surface area contributed by atoms with Crippen molar-refractivity contribution in [2.24, 2.45) is 0 Å². The first-order chi connectivity index (χ1) is 10.3. The minimum Gasteiger partial charge on any atom is -0.394 e. The summed E-state index contributed by atoms with van der Waals surface area (Å²) in [5.41, 5.74) is 7.03. The largest absolute Gasteiger partial charge is 0.394 e. The zero-order valence-electron chi connectivity index (χ0n) is 12.0. The van der Waals surface area contributed by atoms with Crippen LogP contribution < -0.4 is 10.6 Å². The highest BCUT2D eigenvalue weighted by molar-refractivity contribution is 7.99. The Morgan fingerprint density at radius 3 is 2.38 bits per heavy atom. The Morgan fingerprint density at radius 1 is 0.952 bits per heavy atom. The van der Waals surface area contributed by atoms with Gasteiger partial charge in [0.25, 0.3) is 0 Å². The number of aromatic nitrogens is 2. The average molecular weight is 300 g/mol. The van der Waals surface area contributed by atoms with Crippen LogP contribution in [0.1, 0.15) is 25.7 Å². The average Bonchev–Trinajstić information content (AvgIpc) is 2.80. The molecule has 2 heterocycles. The molecular weight excluding hydrogens is 280 g/mol. The number of nitrogens with two attached hydrogens (primary N) is 1. The monoisotopic (exact) mass is 300 g/mol. The van der Waals surface area contributed by atoms with E-state index in [0.717, 1.165) is 28.8 Å². The minimum absolute atomic E-state index is 0.702. The third-order valence-corrected chi connectivity index (χ3v) is 4.72. The third-order valence-electron chi connectivity index (χ3n) is 3.69. The third kappa shape index (κ3) is 3.47. The first kappa shape index (κ1) is 14.2. The number of hydrogen-bond donors (Lipinski definition) is 1. The summed E-state index contributed by atoms with van der Waals surface area (Å²) >= 11 is 1.59. The Kier molecular flexibility index (Phi) is 4.60. The van der Waals surface area contributed by atoms with Crippen LogP contribution in [0.25, 0.3) is 0 Å². The van der Waals surface area contributed by atoms with Crippen LogP contribution in [-0.2, 0) is 0 Å². The molecule has 0 atom stereocenters. The van der Waals surface area contributed by atoms with Gasteiger partial charge in [-0.25, -0.2) is 9.97 Å². The fourth-order valence-electron chi connectivity index (χ4n) is 2.59. The van der Waals surface area contributed by atoms with Crippen LogP contribution in [0.2, 0.25) is 0 Å². The predicted octanol–water partition coefficient (Wildman–Crippen LogP) is 3.59. The number of nitrogens with zero attached hydrogens (tertiary/aromatic N) is 3. The van der Waals surface area contributed by atoms with E-state index in [9.17, 15) is 0 Å². The molecule has 1 aromatic heterocycles. The van der Waals surface area contributed by atoms with Crippen LogP contribution in [0, 0.1) is 0 Å². The summed E-state index contributed by atoms with van der Waals surface area (Å²) < 4.78 is 0. The quantitative estimate of drug-likeness (QED) is 0.878. The number of rotatable bonds is 3. The van der Waals surface area contributed by atoms with Crippen molar-refractivity contribution in [2.75, 3.05) is 23.7 Å². The van der Waals surface area contributed by atoms with Crippen molar-refractivity contribution in [3.8, 4) is 0 Å². The molecule has 2 aromatic rings. The Labute approximate surface area is 129 Å². The second-order valence-electron chi connectivity index (χ2n) is 5.23. The maximum atomic E-state index is 6.33. The number of hydrogen-bond acceptors (Lipinski definition) is 5. The zero-order valence-corrected chi connectivity index (χ0v) is 12.9. The van der Waals surface area contributed by atoms with Gasteiger partial charge in [-0.3, -0.25) is 0 Å². The van der Waals surface area contributed by atoms with Gasteiger partial charge in [-0.15, -0.1) is 0 Å². The van der Waals surface area contributed by atoms with Crippen LogP contribution in [0.15, 0.2) is 46.6 Å². The standard InChI is InChI=1S/C16H20N4S/c17-14-15(20-10-6-1-2-7-11-20)18-12-19-16(14)21-13-8-4-3-5-9-13/h3-5,8-9,12H,1-2,6-7,10-11,17H2. The highest BCUT2D eigenvalue weighted by Gasteiger charge is 2.17. The van der Waals surface area contributed by atoms with E-state index in [1.807, 2.05) is 18.2 Å². The molecule has 0 amide bonds. The van der Waals surface area contributed by atoms with Crippen molar-refractivity contribution in [1.29, 1.82) is 0 Å². The molecule has 21 heavy (non-hydrogen) atoms. The topological polar surface area (TPSA) is 55.0 Å². The number of anilines is 2. The van der Waals surface area contributed by atoms with Crippen molar-refractivity contribution in [1.82, 2.24) is 9.97 Å². The summed E-state index contributed by atoms with van der Waals surface area (Å²) in [5.74, 6) is 0.894.